The monoisotopic (exact) mass is 234 g/mol. The molecule has 0 bridgehead atoms. The number of aromatic nitrogens is 1. The molecule has 0 unspecified atom stereocenters. The van der Waals surface area contributed by atoms with Crippen LogP contribution in [0, 0.1) is 0 Å². The second kappa shape index (κ2) is 6.01. The normalized spacial score (nSPS) is 16.4. The maximum atomic E-state index is 5.94. The zero-order valence-electron chi connectivity index (χ0n) is 10.6. The lowest BCUT2D eigenvalue weighted by Gasteiger charge is -2.14. The van der Waals surface area contributed by atoms with Crippen LogP contribution in [-0.4, -0.2) is 11.1 Å². The van der Waals surface area contributed by atoms with Gasteiger partial charge in [0.15, 0.2) is 0 Å². The van der Waals surface area contributed by atoms with E-state index in [4.69, 9.17) is 10.5 Å². The maximum absolute atomic E-state index is 5.94. The highest BCUT2D eigenvalue weighted by molar-refractivity contribution is 5.25. The molecule has 1 fully saturated rings. The number of hydrogen-bond donors (Lipinski definition) is 1. The molecule has 0 aromatic carbocycles. The van der Waals surface area contributed by atoms with Gasteiger partial charge in [0, 0.05) is 18.3 Å². The molecule has 0 amide bonds. The molecule has 0 spiro atoms. The quantitative estimate of drug-likeness (QED) is 0.852. The number of hydrogen-bond acceptors (Lipinski definition) is 3. The van der Waals surface area contributed by atoms with Crippen molar-refractivity contribution in [2.24, 2.45) is 5.73 Å². The van der Waals surface area contributed by atoms with E-state index in [0.717, 1.165) is 42.8 Å². The summed E-state index contributed by atoms with van der Waals surface area (Å²) in [5, 5.41) is 0. The standard InChI is InChI=1S/C14H22N2O/c1-2-5-12-8-11(10-15)9-14(16-12)17-13-6-3-4-7-13/h8-9,13H,2-7,10,15H2,1H3. The topological polar surface area (TPSA) is 48.1 Å². The van der Waals surface area contributed by atoms with Crippen molar-refractivity contribution in [3.05, 3.63) is 23.4 Å². The molecular weight excluding hydrogens is 212 g/mol. The van der Waals surface area contributed by atoms with Crippen LogP contribution in [0.2, 0.25) is 0 Å². The molecule has 1 aromatic heterocycles. The zero-order valence-corrected chi connectivity index (χ0v) is 10.6. The number of nitrogens with two attached hydrogens (primary N) is 1. The van der Waals surface area contributed by atoms with Crippen molar-refractivity contribution in [1.29, 1.82) is 0 Å². The predicted octanol–water partition coefficient (Wildman–Crippen LogP) is 2.81. The van der Waals surface area contributed by atoms with E-state index in [9.17, 15) is 0 Å². The average Bonchev–Trinajstić information content (AvgIpc) is 2.82. The van der Waals surface area contributed by atoms with Crippen LogP contribution in [0.3, 0.4) is 0 Å². The number of ether oxygens (including phenoxy) is 1. The van der Waals surface area contributed by atoms with Crippen LogP contribution >= 0.6 is 0 Å². The summed E-state index contributed by atoms with van der Waals surface area (Å²) in [4.78, 5) is 4.56. The van der Waals surface area contributed by atoms with Gasteiger partial charge in [-0.25, -0.2) is 4.98 Å². The molecule has 94 valence electrons. The summed E-state index contributed by atoms with van der Waals surface area (Å²) in [5.74, 6) is 0.767. The van der Waals surface area contributed by atoms with Gasteiger partial charge in [0.25, 0.3) is 0 Å². The van der Waals surface area contributed by atoms with Gasteiger partial charge in [-0.3, -0.25) is 0 Å². The van der Waals surface area contributed by atoms with Crippen LogP contribution in [0.25, 0.3) is 0 Å². The molecule has 0 saturated heterocycles. The number of rotatable bonds is 5. The van der Waals surface area contributed by atoms with E-state index in [-0.39, 0.29) is 0 Å². The molecule has 0 aliphatic heterocycles. The van der Waals surface area contributed by atoms with Crippen molar-refractivity contribution < 1.29 is 4.74 Å². The fraction of sp³-hybridized carbons (Fsp3) is 0.643. The van der Waals surface area contributed by atoms with Gasteiger partial charge in [-0.15, -0.1) is 0 Å². The highest BCUT2D eigenvalue weighted by Gasteiger charge is 2.17. The molecule has 3 nitrogen and oxygen atoms in total. The number of pyridine rings is 1. The van der Waals surface area contributed by atoms with Gasteiger partial charge in [0.05, 0.1) is 0 Å². The largest absolute Gasteiger partial charge is 0.474 e. The van der Waals surface area contributed by atoms with E-state index in [1.54, 1.807) is 0 Å². The van der Waals surface area contributed by atoms with Crippen LogP contribution in [0.4, 0.5) is 0 Å². The molecule has 3 heteroatoms. The molecule has 17 heavy (non-hydrogen) atoms. The van der Waals surface area contributed by atoms with Crippen molar-refractivity contribution in [3.63, 3.8) is 0 Å². The number of aryl methyl sites for hydroxylation is 1. The van der Waals surface area contributed by atoms with Crippen LogP contribution in [0.5, 0.6) is 5.88 Å². The van der Waals surface area contributed by atoms with Gasteiger partial charge in [0.1, 0.15) is 6.10 Å². The second-order valence-electron chi connectivity index (χ2n) is 4.78. The first-order chi connectivity index (χ1) is 8.31. The first kappa shape index (κ1) is 12.4. The Bertz CT molecular complexity index is 359. The van der Waals surface area contributed by atoms with Crippen LogP contribution in [-0.2, 0) is 13.0 Å². The van der Waals surface area contributed by atoms with E-state index in [1.165, 1.54) is 12.8 Å². The van der Waals surface area contributed by atoms with Crippen molar-refractivity contribution in [2.75, 3.05) is 0 Å². The van der Waals surface area contributed by atoms with Gasteiger partial charge < -0.3 is 10.5 Å². The first-order valence-corrected chi connectivity index (χ1v) is 6.68. The lowest BCUT2D eigenvalue weighted by Crippen LogP contribution is -2.13. The lowest BCUT2D eigenvalue weighted by atomic mass is 10.1. The molecule has 2 rings (SSSR count). The Morgan fingerprint density at radius 3 is 2.76 bits per heavy atom. The molecule has 0 atom stereocenters. The molecule has 1 aromatic rings. The zero-order chi connectivity index (χ0) is 12.1. The van der Waals surface area contributed by atoms with Crippen molar-refractivity contribution in [3.8, 4) is 5.88 Å². The highest BCUT2D eigenvalue weighted by Crippen LogP contribution is 2.24. The van der Waals surface area contributed by atoms with Crippen molar-refractivity contribution in [2.45, 2.75) is 58.1 Å². The second-order valence-corrected chi connectivity index (χ2v) is 4.78. The summed E-state index contributed by atoms with van der Waals surface area (Å²) in [6.07, 6.45) is 7.35. The molecule has 2 N–H and O–H groups in total. The van der Waals surface area contributed by atoms with E-state index in [0.29, 0.717) is 12.6 Å². The third-order valence-electron chi connectivity index (χ3n) is 3.25. The number of nitrogens with zero attached hydrogens (tertiary/aromatic N) is 1. The Balaban J connectivity index is 2.10. The molecule has 1 heterocycles. The van der Waals surface area contributed by atoms with E-state index in [1.807, 2.05) is 6.07 Å². The smallest absolute Gasteiger partial charge is 0.214 e. The summed E-state index contributed by atoms with van der Waals surface area (Å²) in [7, 11) is 0. The van der Waals surface area contributed by atoms with Crippen molar-refractivity contribution >= 4 is 0 Å². The Morgan fingerprint density at radius 1 is 1.35 bits per heavy atom. The fourth-order valence-electron chi connectivity index (χ4n) is 2.36. The average molecular weight is 234 g/mol. The van der Waals surface area contributed by atoms with Gasteiger partial charge in [-0.05, 0) is 43.7 Å². The third-order valence-corrected chi connectivity index (χ3v) is 3.25. The molecule has 0 radical (unpaired) electrons. The Morgan fingerprint density at radius 2 is 2.12 bits per heavy atom. The fourth-order valence-corrected chi connectivity index (χ4v) is 2.36. The summed E-state index contributed by atoms with van der Waals surface area (Å²) >= 11 is 0. The molecule has 1 aliphatic carbocycles. The highest BCUT2D eigenvalue weighted by atomic mass is 16.5. The Labute approximate surface area is 103 Å². The van der Waals surface area contributed by atoms with E-state index >= 15 is 0 Å². The van der Waals surface area contributed by atoms with Gasteiger partial charge in [-0.1, -0.05) is 13.3 Å². The van der Waals surface area contributed by atoms with Crippen molar-refractivity contribution in [1.82, 2.24) is 4.98 Å². The predicted molar refractivity (Wildman–Crippen MR) is 69.0 cm³/mol. The van der Waals surface area contributed by atoms with E-state index < -0.39 is 0 Å². The van der Waals surface area contributed by atoms with E-state index in [2.05, 4.69) is 18.0 Å². The summed E-state index contributed by atoms with van der Waals surface area (Å²) in [5.41, 5.74) is 7.93. The van der Waals surface area contributed by atoms with Crippen LogP contribution in [0.15, 0.2) is 12.1 Å². The Kier molecular flexibility index (Phi) is 4.37. The Hall–Kier alpha value is -1.09. The summed E-state index contributed by atoms with van der Waals surface area (Å²) in [6.45, 7) is 2.72. The first-order valence-electron chi connectivity index (χ1n) is 6.68. The molecule has 1 aliphatic rings. The molecular formula is C14H22N2O. The SMILES string of the molecule is CCCc1cc(CN)cc(OC2CCCC2)n1. The van der Waals surface area contributed by atoms with Gasteiger partial charge in [0.2, 0.25) is 5.88 Å². The lowest BCUT2D eigenvalue weighted by molar-refractivity contribution is 0.200. The third kappa shape index (κ3) is 3.43. The van der Waals surface area contributed by atoms with Crippen LogP contribution < -0.4 is 10.5 Å². The minimum Gasteiger partial charge on any atom is -0.474 e. The van der Waals surface area contributed by atoms with Crippen LogP contribution in [0.1, 0.15) is 50.3 Å². The maximum Gasteiger partial charge on any atom is 0.214 e. The van der Waals surface area contributed by atoms with Gasteiger partial charge in [-0.2, -0.15) is 0 Å². The minimum atomic E-state index is 0.366. The van der Waals surface area contributed by atoms with Gasteiger partial charge >= 0.3 is 0 Å². The summed E-state index contributed by atoms with van der Waals surface area (Å²) in [6, 6.07) is 4.07. The minimum absolute atomic E-state index is 0.366. The molecule has 1 saturated carbocycles. The summed E-state index contributed by atoms with van der Waals surface area (Å²) < 4.78 is 5.94.